The van der Waals surface area contributed by atoms with E-state index in [2.05, 4.69) is 21.2 Å². The molecule has 1 aliphatic heterocycles. The van der Waals surface area contributed by atoms with E-state index in [0.717, 1.165) is 15.8 Å². The van der Waals surface area contributed by atoms with Crippen molar-refractivity contribution in [3.8, 4) is 11.3 Å². The van der Waals surface area contributed by atoms with Crippen LogP contribution in [0.25, 0.3) is 11.3 Å². The van der Waals surface area contributed by atoms with Crippen LogP contribution in [0.3, 0.4) is 0 Å². The summed E-state index contributed by atoms with van der Waals surface area (Å²) in [5.74, 6) is 1.33. The number of benzene rings is 1. The van der Waals surface area contributed by atoms with Gasteiger partial charge in [0.05, 0.1) is 12.3 Å². The van der Waals surface area contributed by atoms with Crippen molar-refractivity contribution < 1.29 is 17.6 Å². The van der Waals surface area contributed by atoms with Crippen molar-refractivity contribution in [1.82, 2.24) is 9.62 Å². The standard InChI is InChI=1S/C19H23BrN2O4S/c1-2-27(24,25)22-11-9-15(10-12-22)19(23)21-13-17-7-8-18(26-17)14-3-5-16(20)6-4-14/h3-8,15H,2,9-13H2,1H3,(H,21,23). The van der Waals surface area contributed by atoms with Crippen molar-refractivity contribution in [1.29, 1.82) is 0 Å². The minimum atomic E-state index is -3.17. The molecule has 1 aromatic heterocycles. The summed E-state index contributed by atoms with van der Waals surface area (Å²) in [6, 6.07) is 11.6. The highest BCUT2D eigenvalue weighted by molar-refractivity contribution is 9.10. The van der Waals surface area contributed by atoms with E-state index in [4.69, 9.17) is 4.42 Å². The molecule has 1 N–H and O–H groups in total. The first-order valence-electron chi connectivity index (χ1n) is 8.99. The first-order chi connectivity index (χ1) is 12.9. The molecule has 0 spiro atoms. The number of carbonyl (C=O) groups is 1. The van der Waals surface area contributed by atoms with Crippen molar-refractivity contribution >= 4 is 31.9 Å². The van der Waals surface area contributed by atoms with Gasteiger partial charge in [0.25, 0.3) is 0 Å². The van der Waals surface area contributed by atoms with Crippen molar-refractivity contribution in [3.63, 3.8) is 0 Å². The molecular formula is C19H23BrN2O4S. The van der Waals surface area contributed by atoms with Crippen LogP contribution in [0, 0.1) is 5.92 Å². The Morgan fingerprint density at radius 3 is 2.48 bits per heavy atom. The molecule has 8 heteroatoms. The molecule has 146 valence electrons. The highest BCUT2D eigenvalue weighted by atomic mass is 79.9. The molecule has 0 radical (unpaired) electrons. The molecule has 1 saturated heterocycles. The van der Waals surface area contributed by atoms with Gasteiger partial charge in [-0.3, -0.25) is 4.79 Å². The van der Waals surface area contributed by atoms with Gasteiger partial charge in [-0.2, -0.15) is 0 Å². The SMILES string of the molecule is CCS(=O)(=O)N1CCC(C(=O)NCc2ccc(-c3ccc(Br)cc3)o2)CC1. The summed E-state index contributed by atoms with van der Waals surface area (Å²) in [5.41, 5.74) is 0.972. The Kier molecular flexibility index (Phi) is 6.39. The van der Waals surface area contributed by atoms with Crippen LogP contribution in [0.5, 0.6) is 0 Å². The molecule has 1 fully saturated rings. The predicted molar refractivity (Wildman–Crippen MR) is 107 cm³/mol. The van der Waals surface area contributed by atoms with Crippen LogP contribution in [0.15, 0.2) is 45.3 Å². The van der Waals surface area contributed by atoms with Gasteiger partial charge < -0.3 is 9.73 Å². The lowest BCUT2D eigenvalue weighted by Gasteiger charge is -2.30. The second kappa shape index (κ2) is 8.58. The zero-order chi connectivity index (χ0) is 19.4. The minimum Gasteiger partial charge on any atom is -0.459 e. The third-order valence-electron chi connectivity index (χ3n) is 4.81. The molecule has 0 aliphatic carbocycles. The first kappa shape index (κ1) is 20.1. The number of nitrogens with one attached hydrogen (secondary N) is 1. The lowest BCUT2D eigenvalue weighted by atomic mass is 9.97. The molecule has 27 heavy (non-hydrogen) atoms. The monoisotopic (exact) mass is 454 g/mol. The number of rotatable bonds is 6. The molecule has 0 unspecified atom stereocenters. The number of sulfonamides is 1. The molecular weight excluding hydrogens is 432 g/mol. The summed E-state index contributed by atoms with van der Waals surface area (Å²) in [4.78, 5) is 12.4. The quantitative estimate of drug-likeness (QED) is 0.725. The van der Waals surface area contributed by atoms with Gasteiger partial charge in [0.1, 0.15) is 11.5 Å². The molecule has 6 nitrogen and oxygen atoms in total. The van der Waals surface area contributed by atoms with E-state index >= 15 is 0 Å². The molecule has 1 amide bonds. The maximum absolute atomic E-state index is 12.4. The normalized spacial score (nSPS) is 16.4. The van der Waals surface area contributed by atoms with Gasteiger partial charge in [-0.1, -0.05) is 28.1 Å². The Morgan fingerprint density at radius 2 is 1.85 bits per heavy atom. The molecule has 2 heterocycles. The van der Waals surface area contributed by atoms with Gasteiger partial charge in [-0.15, -0.1) is 0 Å². The summed E-state index contributed by atoms with van der Waals surface area (Å²) in [5, 5.41) is 2.90. The fourth-order valence-corrected chi connectivity index (χ4v) is 4.54. The Hall–Kier alpha value is -1.64. The van der Waals surface area contributed by atoms with Gasteiger partial charge in [-0.25, -0.2) is 12.7 Å². The van der Waals surface area contributed by atoms with Crippen LogP contribution in [0.1, 0.15) is 25.5 Å². The van der Waals surface area contributed by atoms with Crippen molar-refractivity contribution in [2.75, 3.05) is 18.8 Å². The van der Waals surface area contributed by atoms with Crippen LogP contribution >= 0.6 is 15.9 Å². The van der Waals surface area contributed by atoms with Gasteiger partial charge in [0.2, 0.25) is 15.9 Å². The smallest absolute Gasteiger partial charge is 0.223 e. The number of piperidine rings is 1. The third kappa shape index (κ3) is 5.00. The summed E-state index contributed by atoms with van der Waals surface area (Å²) < 4.78 is 32.1. The number of amides is 1. The van der Waals surface area contributed by atoms with Gasteiger partial charge in [0.15, 0.2) is 0 Å². The molecule has 1 aromatic carbocycles. The van der Waals surface area contributed by atoms with E-state index in [0.29, 0.717) is 38.2 Å². The van der Waals surface area contributed by atoms with E-state index in [-0.39, 0.29) is 17.6 Å². The maximum atomic E-state index is 12.4. The van der Waals surface area contributed by atoms with Gasteiger partial charge in [0, 0.05) is 29.0 Å². The van der Waals surface area contributed by atoms with E-state index in [1.165, 1.54) is 4.31 Å². The van der Waals surface area contributed by atoms with Crippen molar-refractivity contribution in [3.05, 3.63) is 46.6 Å². The predicted octanol–water partition coefficient (Wildman–Crippen LogP) is 3.39. The fraction of sp³-hybridized carbons (Fsp3) is 0.421. The second-order valence-corrected chi connectivity index (χ2v) is 9.74. The Bertz CT molecular complexity index is 885. The number of furan rings is 1. The van der Waals surface area contributed by atoms with Crippen LogP contribution < -0.4 is 5.32 Å². The number of hydrogen-bond acceptors (Lipinski definition) is 4. The zero-order valence-corrected chi connectivity index (χ0v) is 17.6. The minimum absolute atomic E-state index is 0.0508. The van der Waals surface area contributed by atoms with Gasteiger partial charge >= 0.3 is 0 Å². The average Bonchev–Trinajstić information content (AvgIpc) is 3.16. The van der Waals surface area contributed by atoms with Crippen LogP contribution in [0.2, 0.25) is 0 Å². The number of nitrogens with zero attached hydrogens (tertiary/aromatic N) is 1. The molecule has 0 saturated carbocycles. The second-order valence-electron chi connectivity index (χ2n) is 6.56. The molecule has 1 aliphatic rings. The largest absolute Gasteiger partial charge is 0.459 e. The van der Waals surface area contributed by atoms with E-state index in [9.17, 15) is 13.2 Å². The molecule has 3 rings (SSSR count). The van der Waals surface area contributed by atoms with E-state index in [1.54, 1.807) is 6.92 Å². The van der Waals surface area contributed by atoms with Crippen molar-refractivity contribution in [2.24, 2.45) is 5.92 Å². The highest BCUT2D eigenvalue weighted by Crippen LogP contribution is 2.24. The van der Waals surface area contributed by atoms with Gasteiger partial charge in [-0.05, 0) is 44.0 Å². The zero-order valence-electron chi connectivity index (χ0n) is 15.2. The van der Waals surface area contributed by atoms with Crippen LogP contribution in [-0.4, -0.2) is 37.5 Å². The topological polar surface area (TPSA) is 79.6 Å². The summed E-state index contributed by atoms with van der Waals surface area (Å²) in [7, 11) is -3.17. The third-order valence-corrected chi connectivity index (χ3v) is 7.22. The number of halogens is 1. The highest BCUT2D eigenvalue weighted by Gasteiger charge is 2.30. The lowest BCUT2D eigenvalue weighted by Crippen LogP contribution is -2.43. The Morgan fingerprint density at radius 1 is 1.19 bits per heavy atom. The molecule has 0 bridgehead atoms. The summed E-state index contributed by atoms with van der Waals surface area (Å²) >= 11 is 3.41. The van der Waals surface area contributed by atoms with Crippen LogP contribution in [-0.2, 0) is 21.4 Å². The molecule has 2 aromatic rings. The fourth-order valence-electron chi connectivity index (χ4n) is 3.14. The Labute approximate surface area is 168 Å². The molecule has 0 atom stereocenters. The maximum Gasteiger partial charge on any atom is 0.223 e. The number of carbonyl (C=O) groups excluding carboxylic acids is 1. The van der Waals surface area contributed by atoms with E-state index in [1.807, 2.05) is 36.4 Å². The van der Waals surface area contributed by atoms with E-state index < -0.39 is 10.0 Å². The lowest BCUT2D eigenvalue weighted by molar-refractivity contribution is -0.126. The first-order valence-corrected chi connectivity index (χ1v) is 11.4. The average molecular weight is 455 g/mol. The summed E-state index contributed by atoms with van der Waals surface area (Å²) in [6.45, 7) is 2.77. The number of hydrogen-bond donors (Lipinski definition) is 1. The van der Waals surface area contributed by atoms with Crippen molar-refractivity contribution in [2.45, 2.75) is 26.3 Å². The summed E-state index contributed by atoms with van der Waals surface area (Å²) in [6.07, 6.45) is 1.10. The Balaban J connectivity index is 1.51. The van der Waals surface area contributed by atoms with Crippen LogP contribution in [0.4, 0.5) is 0 Å².